The molecule has 0 aliphatic heterocycles. The molecule has 0 amide bonds. The van der Waals surface area contributed by atoms with Crippen LogP contribution in [0.3, 0.4) is 0 Å². The van der Waals surface area contributed by atoms with Crippen LogP contribution in [0.1, 0.15) is 12.5 Å². The van der Waals surface area contributed by atoms with E-state index in [1.807, 2.05) is 0 Å². The molecule has 1 aromatic rings. The molecule has 1 rings (SSSR count). The molecular formula is C11H15ClN2O2S. The first-order chi connectivity index (χ1) is 8.20. The summed E-state index contributed by atoms with van der Waals surface area (Å²) in [5.74, 6) is 2.42. The van der Waals surface area contributed by atoms with Crippen LogP contribution in [0.4, 0.5) is 0 Å². The van der Waals surface area contributed by atoms with E-state index >= 15 is 0 Å². The molecule has 0 atom stereocenters. The van der Waals surface area contributed by atoms with Crippen LogP contribution in [-0.2, 0) is 0 Å². The number of halogens is 1. The van der Waals surface area contributed by atoms with Crippen molar-refractivity contribution in [2.45, 2.75) is 6.92 Å². The SMILES string of the molecule is CCSCCOc1cccc(Cl)c1/C(N)=N/O. The van der Waals surface area contributed by atoms with Gasteiger partial charge in [0.15, 0.2) is 5.84 Å². The van der Waals surface area contributed by atoms with Gasteiger partial charge in [-0.1, -0.05) is 29.7 Å². The monoisotopic (exact) mass is 274 g/mol. The van der Waals surface area contributed by atoms with Crippen LogP contribution in [0.15, 0.2) is 23.4 Å². The zero-order chi connectivity index (χ0) is 12.7. The molecule has 1 aromatic carbocycles. The van der Waals surface area contributed by atoms with Gasteiger partial charge in [-0.15, -0.1) is 0 Å². The predicted octanol–water partition coefficient (Wildman–Crippen LogP) is 2.57. The number of hydrogen-bond acceptors (Lipinski definition) is 4. The molecule has 0 aromatic heterocycles. The summed E-state index contributed by atoms with van der Waals surface area (Å²) < 4.78 is 5.57. The largest absolute Gasteiger partial charge is 0.492 e. The van der Waals surface area contributed by atoms with Crippen molar-refractivity contribution in [2.75, 3.05) is 18.1 Å². The van der Waals surface area contributed by atoms with E-state index in [2.05, 4.69) is 12.1 Å². The second kappa shape index (κ2) is 7.29. The first kappa shape index (κ1) is 14.0. The fraction of sp³-hybridized carbons (Fsp3) is 0.364. The third-order valence-corrected chi connectivity index (χ3v) is 3.21. The van der Waals surface area contributed by atoms with Crippen LogP contribution in [-0.4, -0.2) is 29.2 Å². The second-order valence-electron chi connectivity index (χ2n) is 3.14. The van der Waals surface area contributed by atoms with E-state index in [1.54, 1.807) is 30.0 Å². The van der Waals surface area contributed by atoms with Crippen molar-refractivity contribution < 1.29 is 9.94 Å². The van der Waals surface area contributed by atoms with Gasteiger partial charge in [-0.2, -0.15) is 11.8 Å². The van der Waals surface area contributed by atoms with Gasteiger partial charge in [-0.25, -0.2) is 0 Å². The Kier molecular flexibility index (Phi) is 6.00. The van der Waals surface area contributed by atoms with Gasteiger partial charge in [-0.3, -0.25) is 0 Å². The molecule has 0 heterocycles. The number of nitrogens with zero attached hydrogens (tertiary/aromatic N) is 1. The third kappa shape index (κ3) is 4.02. The molecule has 17 heavy (non-hydrogen) atoms. The lowest BCUT2D eigenvalue weighted by Crippen LogP contribution is -2.16. The zero-order valence-electron chi connectivity index (χ0n) is 9.52. The van der Waals surface area contributed by atoms with Crippen LogP contribution in [0.2, 0.25) is 5.02 Å². The van der Waals surface area contributed by atoms with Crippen molar-refractivity contribution in [3.63, 3.8) is 0 Å². The maximum Gasteiger partial charge on any atom is 0.175 e. The average molecular weight is 275 g/mol. The topological polar surface area (TPSA) is 67.8 Å². The lowest BCUT2D eigenvalue weighted by molar-refractivity contribution is 0.317. The second-order valence-corrected chi connectivity index (χ2v) is 4.94. The van der Waals surface area contributed by atoms with Gasteiger partial charge < -0.3 is 15.7 Å². The van der Waals surface area contributed by atoms with Gasteiger partial charge in [0.2, 0.25) is 0 Å². The molecule has 0 aliphatic rings. The first-order valence-corrected chi connectivity index (χ1v) is 6.71. The van der Waals surface area contributed by atoms with Crippen LogP contribution in [0.25, 0.3) is 0 Å². The maximum absolute atomic E-state index is 8.69. The zero-order valence-corrected chi connectivity index (χ0v) is 11.1. The van der Waals surface area contributed by atoms with Crippen molar-refractivity contribution in [1.82, 2.24) is 0 Å². The number of thioether (sulfide) groups is 1. The molecule has 0 saturated carbocycles. The summed E-state index contributed by atoms with van der Waals surface area (Å²) in [5.41, 5.74) is 5.99. The number of oxime groups is 1. The minimum atomic E-state index is -0.0475. The van der Waals surface area contributed by atoms with E-state index in [9.17, 15) is 0 Å². The van der Waals surface area contributed by atoms with E-state index in [-0.39, 0.29) is 5.84 Å². The van der Waals surface area contributed by atoms with Gasteiger partial charge >= 0.3 is 0 Å². The van der Waals surface area contributed by atoms with E-state index in [1.165, 1.54) is 0 Å². The molecule has 94 valence electrons. The summed E-state index contributed by atoms with van der Waals surface area (Å²) in [5, 5.41) is 12.0. The van der Waals surface area contributed by atoms with Gasteiger partial charge in [-0.05, 0) is 17.9 Å². The number of hydrogen-bond donors (Lipinski definition) is 2. The van der Waals surface area contributed by atoms with Crippen molar-refractivity contribution in [2.24, 2.45) is 10.9 Å². The molecule has 0 saturated heterocycles. The fourth-order valence-corrected chi connectivity index (χ4v) is 2.03. The van der Waals surface area contributed by atoms with Crippen molar-refractivity contribution >= 4 is 29.2 Å². The summed E-state index contributed by atoms with van der Waals surface area (Å²) in [6.07, 6.45) is 0. The van der Waals surface area contributed by atoms with Crippen LogP contribution in [0, 0.1) is 0 Å². The molecule has 0 bridgehead atoms. The summed E-state index contributed by atoms with van der Waals surface area (Å²) in [4.78, 5) is 0. The molecule has 3 N–H and O–H groups in total. The van der Waals surface area contributed by atoms with Crippen LogP contribution >= 0.6 is 23.4 Å². The summed E-state index contributed by atoms with van der Waals surface area (Å²) in [6, 6.07) is 5.18. The highest BCUT2D eigenvalue weighted by molar-refractivity contribution is 7.99. The Morgan fingerprint density at radius 2 is 2.35 bits per heavy atom. The Labute approximate surface area is 110 Å². The highest BCUT2D eigenvalue weighted by Crippen LogP contribution is 2.26. The number of benzene rings is 1. The molecule has 0 fully saturated rings. The standard InChI is InChI=1S/C11H15ClN2O2S/c1-2-17-7-6-16-9-5-3-4-8(12)10(9)11(13)14-15/h3-5,15H,2,6-7H2,1H3,(H2,13,14). The molecule has 6 heteroatoms. The third-order valence-electron chi connectivity index (χ3n) is 2.03. The number of nitrogens with two attached hydrogens (primary N) is 1. The Bertz CT molecular complexity index is 399. The fourth-order valence-electron chi connectivity index (χ4n) is 1.28. The number of rotatable bonds is 6. The van der Waals surface area contributed by atoms with Crippen molar-refractivity contribution in [1.29, 1.82) is 0 Å². The van der Waals surface area contributed by atoms with Gasteiger partial charge in [0.05, 0.1) is 17.2 Å². The number of amidine groups is 1. The summed E-state index contributed by atoms with van der Waals surface area (Å²) in [7, 11) is 0. The highest BCUT2D eigenvalue weighted by Gasteiger charge is 2.12. The summed E-state index contributed by atoms with van der Waals surface area (Å²) in [6.45, 7) is 2.65. The lowest BCUT2D eigenvalue weighted by Gasteiger charge is -2.11. The van der Waals surface area contributed by atoms with E-state index < -0.39 is 0 Å². The molecule has 0 unspecified atom stereocenters. The van der Waals surface area contributed by atoms with Crippen LogP contribution < -0.4 is 10.5 Å². The average Bonchev–Trinajstić information content (AvgIpc) is 2.34. The quantitative estimate of drug-likeness (QED) is 0.275. The predicted molar refractivity (Wildman–Crippen MR) is 72.5 cm³/mol. The highest BCUT2D eigenvalue weighted by atomic mass is 35.5. The molecule has 4 nitrogen and oxygen atoms in total. The first-order valence-electron chi connectivity index (χ1n) is 5.17. The van der Waals surface area contributed by atoms with Gasteiger partial charge in [0, 0.05) is 5.75 Å². The van der Waals surface area contributed by atoms with Crippen molar-refractivity contribution in [3.05, 3.63) is 28.8 Å². The Hall–Kier alpha value is -1.07. The Balaban J connectivity index is 2.80. The Morgan fingerprint density at radius 3 is 3.00 bits per heavy atom. The van der Waals surface area contributed by atoms with Gasteiger partial charge in [0.1, 0.15) is 5.75 Å². The van der Waals surface area contributed by atoms with E-state index in [4.69, 9.17) is 27.3 Å². The Morgan fingerprint density at radius 1 is 1.59 bits per heavy atom. The maximum atomic E-state index is 8.69. The minimum absolute atomic E-state index is 0.0475. The smallest absolute Gasteiger partial charge is 0.175 e. The van der Waals surface area contributed by atoms with Gasteiger partial charge in [0.25, 0.3) is 0 Å². The normalized spacial score (nSPS) is 11.5. The molecule has 0 spiro atoms. The van der Waals surface area contributed by atoms with Crippen LogP contribution in [0.5, 0.6) is 5.75 Å². The van der Waals surface area contributed by atoms with E-state index in [0.29, 0.717) is 22.9 Å². The molecular weight excluding hydrogens is 260 g/mol. The lowest BCUT2D eigenvalue weighted by atomic mass is 10.2. The van der Waals surface area contributed by atoms with Crippen molar-refractivity contribution in [3.8, 4) is 5.75 Å². The summed E-state index contributed by atoms with van der Waals surface area (Å²) >= 11 is 7.77. The minimum Gasteiger partial charge on any atom is -0.492 e. The van der Waals surface area contributed by atoms with E-state index in [0.717, 1.165) is 11.5 Å². The molecule has 0 radical (unpaired) electrons. The molecule has 0 aliphatic carbocycles. The number of ether oxygens (including phenoxy) is 1.